The Labute approximate surface area is 106 Å². The van der Waals surface area contributed by atoms with Gasteiger partial charge in [0.1, 0.15) is 0 Å². The van der Waals surface area contributed by atoms with Gasteiger partial charge in [-0.1, -0.05) is 37.3 Å². The molecule has 0 aliphatic carbocycles. The molecule has 0 heterocycles. The largest absolute Gasteiger partial charge is 0.376 e. The Balaban J connectivity index is 2.10. The summed E-state index contributed by atoms with van der Waals surface area (Å²) in [6.07, 6.45) is 0. The average molecular weight is 255 g/mol. The lowest BCUT2D eigenvalue weighted by molar-refractivity contribution is 0.136. The van der Waals surface area contributed by atoms with Crippen LogP contribution in [-0.2, 0) is 22.1 Å². The zero-order valence-electron chi connectivity index (χ0n) is 10.3. The summed E-state index contributed by atoms with van der Waals surface area (Å²) in [4.78, 5) is 0. The minimum Gasteiger partial charge on any atom is -0.376 e. The predicted molar refractivity (Wildman–Crippen MR) is 72.2 cm³/mol. The Bertz CT molecular complexity index is 329. The molecule has 17 heavy (non-hydrogen) atoms. The van der Waals surface area contributed by atoms with Crippen LogP contribution in [0.15, 0.2) is 30.3 Å². The van der Waals surface area contributed by atoms with Gasteiger partial charge in [0.15, 0.2) is 0 Å². The molecule has 3 nitrogen and oxygen atoms in total. The topological polar surface area (TPSA) is 52.3 Å². The number of hydrogen-bond acceptors (Lipinski definition) is 3. The van der Waals surface area contributed by atoms with Crippen molar-refractivity contribution >= 4 is 10.8 Å². The van der Waals surface area contributed by atoms with Gasteiger partial charge in [-0.25, -0.2) is 0 Å². The first-order valence-corrected chi connectivity index (χ1v) is 7.38. The third-order valence-electron chi connectivity index (χ3n) is 2.44. The lowest BCUT2D eigenvalue weighted by Gasteiger charge is -2.08. The lowest BCUT2D eigenvalue weighted by atomic mass is 10.2. The van der Waals surface area contributed by atoms with E-state index in [4.69, 9.17) is 10.5 Å². The average Bonchev–Trinajstić information content (AvgIpc) is 2.36. The van der Waals surface area contributed by atoms with E-state index >= 15 is 0 Å². The van der Waals surface area contributed by atoms with Crippen molar-refractivity contribution in [2.45, 2.75) is 13.5 Å². The molecule has 0 aromatic heterocycles. The maximum Gasteiger partial charge on any atom is 0.0717 e. The van der Waals surface area contributed by atoms with Gasteiger partial charge in [-0.05, 0) is 18.0 Å². The zero-order valence-corrected chi connectivity index (χ0v) is 11.1. The number of nitrogens with two attached hydrogens (primary N) is 1. The minimum absolute atomic E-state index is 0.324. The van der Waals surface area contributed by atoms with Crippen molar-refractivity contribution in [2.75, 3.05) is 24.7 Å². The summed E-state index contributed by atoms with van der Waals surface area (Å²) < 4.78 is 17.1. The molecule has 0 amide bonds. The van der Waals surface area contributed by atoms with E-state index in [1.807, 2.05) is 37.3 Å². The highest BCUT2D eigenvalue weighted by Gasteiger charge is 2.05. The van der Waals surface area contributed by atoms with E-state index in [0.29, 0.717) is 37.2 Å². The number of hydrogen-bond donors (Lipinski definition) is 1. The van der Waals surface area contributed by atoms with Crippen LogP contribution in [0, 0.1) is 5.92 Å². The molecular formula is C13H21NO2S. The SMILES string of the molecule is CC(CN)CS(=O)CCOCc1ccccc1. The second-order valence-electron chi connectivity index (χ2n) is 4.19. The van der Waals surface area contributed by atoms with Crippen molar-refractivity contribution in [1.82, 2.24) is 0 Å². The molecule has 1 rings (SSSR count). The van der Waals surface area contributed by atoms with Crippen LogP contribution in [-0.4, -0.2) is 28.9 Å². The van der Waals surface area contributed by atoms with Crippen LogP contribution in [0.3, 0.4) is 0 Å². The van der Waals surface area contributed by atoms with Gasteiger partial charge in [-0.2, -0.15) is 0 Å². The summed E-state index contributed by atoms with van der Waals surface area (Å²) in [6, 6.07) is 9.99. The van der Waals surface area contributed by atoms with Crippen molar-refractivity contribution in [3.05, 3.63) is 35.9 Å². The van der Waals surface area contributed by atoms with Crippen LogP contribution in [0.25, 0.3) is 0 Å². The van der Waals surface area contributed by atoms with E-state index in [-0.39, 0.29) is 0 Å². The molecule has 96 valence electrons. The summed E-state index contributed by atoms with van der Waals surface area (Å²) in [7, 11) is -0.813. The van der Waals surface area contributed by atoms with Crippen LogP contribution in [0.4, 0.5) is 0 Å². The smallest absolute Gasteiger partial charge is 0.0717 e. The zero-order chi connectivity index (χ0) is 12.5. The molecule has 0 saturated heterocycles. The van der Waals surface area contributed by atoms with Crippen molar-refractivity contribution in [2.24, 2.45) is 11.7 Å². The molecule has 2 unspecified atom stereocenters. The van der Waals surface area contributed by atoms with Crippen molar-refractivity contribution in [3.8, 4) is 0 Å². The molecule has 1 aromatic carbocycles. The first-order valence-electron chi connectivity index (χ1n) is 5.89. The van der Waals surface area contributed by atoms with Gasteiger partial charge in [-0.15, -0.1) is 0 Å². The first-order chi connectivity index (χ1) is 8.22. The molecule has 0 saturated carbocycles. The van der Waals surface area contributed by atoms with E-state index in [9.17, 15) is 4.21 Å². The molecule has 1 aromatic rings. The fraction of sp³-hybridized carbons (Fsp3) is 0.538. The molecule has 2 atom stereocenters. The molecule has 0 fully saturated rings. The summed E-state index contributed by atoms with van der Waals surface area (Å²) in [5.41, 5.74) is 6.63. The van der Waals surface area contributed by atoms with E-state index < -0.39 is 10.8 Å². The molecule has 0 bridgehead atoms. The van der Waals surface area contributed by atoms with Crippen molar-refractivity contribution in [1.29, 1.82) is 0 Å². The Kier molecular flexibility index (Phi) is 7.08. The Morgan fingerprint density at radius 2 is 2.06 bits per heavy atom. The van der Waals surface area contributed by atoms with E-state index in [1.54, 1.807) is 0 Å². The highest BCUT2D eigenvalue weighted by Crippen LogP contribution is 2.01. The summed E-state index contributed by atoms with van der Waals surface area (Å²) in [5, 5.41) is 0. The molecule has 4 heteroatoms. The third-order valence-corrected chi connectivity index (χ3v) is 4.00. The van der Waals surface area contributed by atoms with Crippen LogP contribution in [0.5, 0.6) is 0 Å². The van der Waals surface area contributed by atoms with Gasteiger partial charge < -0.3 is 10.5 Å². The predicted octanol–water partition coefficient (Wildman–Crippen LogP) is 1.55. The standard InChI is InChI=1S/C13H21NO2S/c1-12(9-14)11-17(15)8-7-16-10-13-5-3-2-4-6-13/h2-6,12H,7-11,14H2,1H3. The second kappa shape index (κ2) is 8.39. The van der Waals surface area contributed by atoms with Crippen LogP contribution in [0.2, 0.25) is 0 Å². The van der Waals surface area contributed by atoms with Crippen molar-refractivity contribution < 1.29 is 8.95 Å². The van der Waals surface area contributed by atoms with E-state index in [0.717, 1.165) is 5.56 Å². The normalized spacial score (nSPS) is 14.5. The maximum absolute atomic E-state index is 11.6. The van der Waals surface area contributed by atoms with E-state index in [2.05, 4.69) is 0 Å². The molecule has 0 spiro atoms. The number of ether oxygens (including phenoxy) is 1. The fourth-order valence-electron chi connectivity index (χ4n) is 1.38. The van der Waals surface area contributed by atoms with Gasteiger partial charge >= 0.3 is 0 Å². The van der Waals surface area contributed by atoms with Gasteiger partial charge in [0.2, 0.25) is 0 Å². The Hall–Kier alpha value is -0.710. The number of benzene rings is 1. The van der Waals surface area contributed by atoms with Crippen LogP contribution >= 0.6 is 0 Å². The van der Waals surface area contributed by atoms with Gasteiger partial charge in [0.25, 0.3) is 0 Å². The van der Waals surface area contributed by atoms with E-state index in [1.165, 1.54) is 0 Å². The maximum atomic E-state index is 11.6. The van der Waals surface area contributed by atoms with Gasteiger partial charge in [-0.3, -0.25) is 4.21 Å². The molecular weight excluding hydrogens is 234 g/mol. The number of rotatable bonds is 8. The van der Waals surface area contributed by atoms with Gasteiger partial charge in [0.05, 0.1) is 13.2 Å². The second-order valence-corrected chi connectivity index (χ2v) is 5.81. The monoisotopic (exact) mass is 255 g/mol. The third kappa shape index (κ3) is 6.56. The Morgan fingerprint density at radius 1 is 1.35 bits per heavy atom. The summed E-state index contributed by atoms with van der Waals surface area (Å²) in [6.45, 7) is 3.74. The quantitative estimate of drug-likeness (QED) is 0.717. The summed E-state index contributed by atoms with van der Waals surface area (Å²) >= 11 is 0. The van der Waals surface area contributed by atoms with Gasteiger partial charge in [0, 0.05) is 22.3 Å². The van der Waals surface area contributed by atoms with Crippen LogP contribution < -0.4 is 5.73 Å². The highest BCUT2D eigenvalue weighted by atomic mass is 32.2. The van der Waals surface area contributed by atoms with Crippen molar-refractivity contribution in [3.63, 3.8) is 0 Å². The highest BCUT2D eigenvalue weighted by molar-refractivity contribution is 7.85. The molecule has 0 aliphatic rings. The first kappa shape index (κ1) is 14.4. The Morgan fingerprint density at radius 3 is 2.71 bits per heavy atom. The fourth-order valence-corrected chi connectivity index (χ4v) is 2.63. The lowest BCUT2D eigenvalue weighted by Crippen LogP contribution is -2.20. The molecule has 0 radical (unpaired) electrons. The van der Waals surface area contributed by atoms with Crippen LogP contribution in [0.1, 0.15) is 12.5 Å². The molecule has 2 N–H and O–H groups in total. The molecule has 0 aliphatic heterocycles. The minimum atomic E-state index is -0.813. The summed E-state index contributed by atoms with van der Waals surface area (Å²) in [5.74, 6) is 1.59.